The molecule has 0 amide bonds. The smallest absolute Gasteiger partial charge is 0.151 e. The molecule has 1 aliphatic carbocycles. The van der Waals surface area contributed by atoms with Crippen molar-refractivity contribution in [3.05, 3.63) is 0 Å². The van der Waals surface area contributed by atoms with Gasteiger partial charge < -0.3 is 5.32 Å². The summed E-state index contributed by atoms with van der Waals surface area (Å²) in [5.74, 6) is 2.11. The molecule has 0 heterocycles. The lowest BCUT2D eigenvalue weighted by molar-refractivity contribution is 0.228. The van der Waals surface area contributed by atoms with E-state index in [1.165, 1.54) is 19.3 Å². The van der Waals surface area contributed by atoms with E-state index in [4.69, 9.17) is 0 Å². The van der Waals surface area contributed by atoms with Crippen LogP contribution in [0, 0.1) is 11.8 Å². The third-order valence-electron chi connectivity index (χ3n) is 3.88. The summed E-state index contributed by atoms with van der Waals surface area (Å²) in [7, 11) is -2.81. The predicted octanol–water partition coefficient (Wildman–Crippen LogP) is 1.84. The van der Waals surface area contributed by atoms with E-state index >= 15 is 0 Å². The third kappa shape index (κ3) is 4.42. The summed E-state index contributed by atoms with van der Waals surface area (Å²) in [5, 5.41) is 3.38. The van der Waals surface area contributed by atoms with Gasteiger partial charge in [0.15, 0.2) is 9.84 Å². The summed E-state index contributed by atoms with van der Waals surface area (Å²) in [4.78, 5) is 0. The second kappa shape index (κ2) is 6.01. The Balaban J connectivity index is 2.24. The molecule has 1 saturated carbocycles. The molecule has 0 spiro atoms. The van der Waals surface area contributed by atoms with Gasteiger partial charge in [-0.3, -0.25) is 0 Å². The standard InChI is InChI=1S/C12H25NO2S/c1-4-16(14,15)8-7-13-12-6-5-10(2)11(3)9-12/h10-13H,4-9H2,1-3H3. The minimum absolute atomic E-state index is 0.257. The van der Waals surface area contributed by atoms with Gasteiger partial charge in [-0.1, -0.05) is 20.8 Å². The number of hydrogen-bond donors (Lipinski definition) is 1. The highest BCUT2D eigenvalue weighted by Gasteiger charge is 2.24. The van der Waals surface area contributed by atoms with Crippen LogP contribution in [0.25, 0.3) is 0 Å². The fourth-order valence-corrected chi connectivity index (χ4v) is 3.01. The Morgan fingerprint density at radius 1 is 1.19 bits per heavy atom. The van der Waals surface area contributed by atoms with E-state index in [9.17, 15) is 8.42 Å². The van der Waals surface area contributed by atoms with Crippen LogP contribution in [-0.4, -0.2) is 32.5 Å². The van der Waals surface area contributed by atoms with Crippen molar-refractivity contribution in [3.8, 4) is 0 Å². The quantitative estimate of drug-likeness (QED) is 0.806. The average molecular weight is 247 g/mol. The molecule has 16 heavy (non-hydrogen) atoms. The van der Waals surface area contributed by atoms with Crippen LogP contribution in [0.15, 0.2) is 0 Å². The fourth-order valence-electron chi connectivity index (χ4n) is 2.30. The second-order valence-electron chi connectivity index (χ2n) is 5.16. The lowest BCUT2D eigenvalue weighted by Gasteiger charge is -2.32. The minimum Gasteiger partial charge on any atom is -0.313 e. The topological polar surface area (TPSA) is 46.2 Å². The molecule has 3 nitrogen and oxygen atoms in total. The summed E-state index contributed by atoms with van der Waals surface area (Å²) in [5.41, 5.74) is 0. The monoisotopic (exact) mass is 247 g/mol. The Labute approximate surface area is 99.9 Å². The zero-order valence-electron chi connectivity index (χ0n) is 10.7. The lowest BCUT2D eigenvalue weighted by atomic mass is 9.79. The van der Waals surface area contributed by atoms with E-state index in [2.05, 4.69) is 19.2 Å². The summed E-state index contributed by atoms with van der Waals surface area (Å²) in [6.07, 6.45) is 3.64. The van der Waals surface area contributed by atoms with Gasteiger partial charge in [0.05, 0.1) is 5.75 Å². The van der Waals surface area contributed by atoms with Gasteiger partial charge in [0.1, 0.15) is 0 Å². The Morgan fingerprint density at radius 2 is 1.88 bits per heavy atom. The molecular formula is C12H25NO2S. The molecule has 1 aliphatic rings. The summed E-state index contributed by atoms with van der Waals surface area (Å²) in [6.45, 7) is 6.92. The molecule has 0 radical (unpaired) electrons. The normalized spacial score (nSPS) is 31.6. The van der Waals surface area contributed by atoms with Gasteiger partial charge in [-0.15, -0.1) is 0 Å². The van der Waals surface area contributed by atoms with Crippen LogP contribution in [-0.2, 0) is 9.84 Å². The lowest BCUT2D eigenvalue weighted by Crippen LogP contribution is -2.38. The Bertz CT molecular complexity index is 300. The Hall–Kier alpha value is -0.0900. The molecule has 4 heteroatoms. The maximum Gasteiger partial charge on any atom is 0.151 e. The van der Waals surface area contributed by atoms with Crippen molar-refractivity contribution in [1.82, 2.24) is 5.32 Å². The number of hydrogen-bond acceptors (Lipinski definition) is 3. The second-order valence-corrected chi connectivity index (χ2v) is 7.63. The van der Waals surface area contributed by atoms with Crippen molar-refractivity contribution in [2.45, 2.75) is 46.1 Å². The van der Waals surface area contributed by atoms with Gasteiger partial charge in [-0.2, -0.15) is 0 Å². The first-order chi connectivity index (χ1) is 7.44. The Morgan fingerprint density at radius 3 is 2.44 bits per heavy atom. The van der Waals surface area contributed by atoms with Crippen LogP contribution in [0.1, 0.15) is 40.0 Å². The van der Waals surface area contributed by atoms with Gasteiger partial charge in [-0.25, -0.2) is 8.42 Å². The van der Waals surface area contributed by atoms with E-state index in [-0.39, 0.29) is 11.5 Å². The summed E-state index contributed by atoms with van der Waals surface area (Å²) < 4.78 is 22.6. The van der Waals surface area contributed by atoms with Gasteiger partial charge in [0, 0.05) is 18.3 Å². The van der Waals surface area contributed by atoms with Crippen LogP contribution in [0.4, 0.5) is 0 Å². The van der Waals surface area contributed by atoms with Crippen molar-refractivity contribution in [3.63, 3.8) is 0 Å². The Kier molecular flexibility index (Phi) is 5.25. The minimum atomic E-state index is -2.81. The first kappa shape index (κ1) is 14.0. The largest absolute Gasteiger partial charge is 0.313 e. The summed E-state index contributed by atoms with van der Waals surface area (Å²) in [6, 6.07) is 0.526. The molecule has 3 unspecified atom stereocenters. The van der Waals surface area contributed by atoms with Crippen molar-refractivity contribution in [2.75, 3.05) is 18.1 Å². The van der Waals surface area contributed by atoms with Crippen LogP contribution < -0.4 is 5.32 Å². The van der Waals surface area contributed by atoms with E-state index in [1.54, 1.807) is 6.92 Å². The maximum absolute atomic E-state index is 11.3. The van der Waals surface area contributed by atoms with E-state index in [0.717, 1.165) is 11.8 Å². The zero-order valence-corrected chi connectivity index (χ0v) is 11.5. The molecule has 1 N–H and O–H groups in total. The molecule has 0 aliphatic heterocycles. The highest BCUT2D eigenvalue weighted by molar-refractivity contribution is 7.91. The van der Waals surface area contributed by atoms with Crippen molar-refractivity contribution in [2.24, 2.45) is 11.8 Å². The molecule has 3 atom stereocenters. The van der Waals surface area contributed by atoms with E-state index < -0.39 is 9.84 Å². The van der Waals surface area contributed by atoms with Crippen molar-refractivity contribution < 1.29 is 8.42 Å². The molecule has 0 saturated heterocycles. The SMILES string of the molecule is CCS(=O)(=O)CCNC1CCC(C)C(C)C1. The number of nitrogens with one attached hydrogen (secondary N) is 1. The first-order valence-corrected chi connectivity index (χ1v) is 8.20. The molecule has 1 fully saturated rings. The molecule has 96 valence electrons. The molecule has 0 bridgehead atoms. The van der Waals surface area contributed by atoms with Crippen LogP contribution in [0.2, 0.25) is 0 Å². The van der Waals surface area contributed by atoms with E-state index in [1.807, 2.05) is 0 Å². The highest BCUT2D eigenvalue weighted by Crippen LogP contribution is 2.29. The maximum atomic E-state index is 11.3. The van der Waals surface area contributed by atoms with Crippen LogP contribution in [0.5, 0.6) is 0 Å². The van der Waals surface area contributed by atoms with Gasteiger partial charge in [0.25, 0.3) is 0 Å². The molecule has 0 aromatic carbocycles. The van der Waals surface area contributed by atoms with Crippen LogP contribution >= 0.6 is 0 Å². The predicted molar refractivity (Wildman–Crippen MR) is 68.3 cm³/mol. The van der Waals surface area contributed by atoms with Gasteiger partial charge >= 0.3 is 0 Å². The zero-order chi connectivity index (χ0) is 12.2. The average Bonchev–Trinajstić information content (AvgIpc) is 2.23. The third-order valence-corrected chi connectivity index (χ3v) is 5.59. The number of sulfone groups is 1. The van der Waals surface area contributed by atoms with Crippen molar-refractivity contribution in [1.29, 1.82) is 0 Å². The van der Waals surface area contributed by atoms with E-state index in [0.29, 0.717) is 12.6 Å². The molecular weight excluding hydrogens is 222 g/mol. The molecule has 0 aromatic heterocycles. The fraction of sp³-hybridized carbons (Fsp3) is 1.00. The molecule has 1 rings (SSSR count). The van der Waals surface area contributed by atoms with Gasteiger partial charge in [0.2, 0.25) is 0 Å². The first-order valence-electron chi connectivity index (χ1n) is 6.38. The van der Waals surface area contributed by atoms with Crippen molar-refractivity contribution >= 4 is 9.84 Å². The van der Waals surface area contributed by atoms with Gasteiger partial charge in [-0.05, 0) is 31.1 Å². The summed E-state index contributed by atoms with van der Waals surface area (Å²) >= 11 is 0. The molecule has 0 aromatic rings. The van der Waals surface area contributed by atoms with Crippen LogP contribution in [0.3, 0.4) is 0 Å². The highest BCUT2D eigenvalue weighted by atomic mass is 32.2. The number of rotatable bonds is 5.